The Hall–Kier alpha value is -4.26. The molecule has 36 heavy (non-hydrogen) atoms. The maximum atomic E-state index is 6.45. The van der Waals surface area contributed by atoms with Crippen LogP contribution in [0.1, 0.15) is 0 Å². The molecular formula is C30H21GaN2O3. The minimum atomic E-state index is -3.40. The zero-order valence-corrected chi connectivity index (χ0v) is 21.7. The third kappa shape index (κ3) is 4.77. The minimum absolute atomic E-state index is 0.646. The van der Waals surface area contributed by atoms with Crippen LogP contribution in [0, 0.1) is 0 Å². The summed E-state index contributed by atoms with van der Waals surface area (Å²) in [6.07, 6.45) is 3.52. The van der Waals surface area contributed by atoms with Gasteiger partial charge in [-0.15, -0.1) is 0 Å². The molecule has 0 aliphatic heterocycles. The number of para-hydroxylation sites is 2. The summed E-state index contributed by atoms with van der Waals surface area (Å²) in [6.45, 7) is 0. The first-order chi connectivity index (χ1) is 17.8. The summed E-state index contributed by atoms with van der Waals surface area (Å²) in [4.78, 5) is 9.05. The topological polar surface area (TPSA) is 53.5 Å². The van der Waals surface area contributed by atoms with Crippen molar-refractivity contribution in [3.8, 4) is 28.4 Å². The van der Waals surface area contributed by atoms with Crippen LogP contribution in [-0.2, 0) is 0 Å². The molecule has 6 rings (SSSR count). The third-order valence-electron chi connectivity index (χ3n) is 5.83. The van der Waals surface area contributed by atoms with Gasteiger partial charge in [-0.25, -0.2) is 0 Å². The average Bonchev–Trinajstić information content (AvgIpc) is 2.94. The van der Waals surface area contributed by atoms with Gasteiger partial charge in [0, 0.05) is 0 Å². The summed E-state index contributed by atoms with van der Waals surface area (Å²) in [5, 5.41) is 1.99. The number of benzene rings is 4. The van der Waals surface area contributed by atoms with Crippen molar-refractivity contribution >= 4 is 39.1 Å². The van der Waals surface area contributed by atoms with Crippen molar-refractivity contribution in [3.63, 3.8) is 0 Å². The summed E-state index contributed by atoms with van der Waals surface area (Å²) >= 11 is -3.40. The second-order valence-electron chi connectivity index (χ2n) is 8.20. The van der Waals surface area contributed by atoms with E-state index in [2.05, 4.69) is 22.1 Å². The van der Waals surface area contributed by atoms with Gasteiger partial charge in [-0.3, -0.25) is 0 Å². The zero-order valence-electron chi connectivity index (χ0n) is 19.3. The summed E-state index contributed by atoms with van der Waals surface area (Å²) in [6, 6.07) is 37.8. The van der Waals surface area contributed by atoms with Crippen LogP contribution in [0.4, 0.5) is 0 Å². The first-order valence-corrected chi connectivity index (χ1v) is 14.6. The number of hydrogen-bond acceptors (Lipinski definition) is 5. The van der Waals surface area contributed by atoms with Crippen molar-refractivity contribution in [2.24, 2.45) is 0 Å². The molecule has 0 N–H and O–H groups in total. The Bertz CT molecular complexity index is 1530. The molecule has 2 heterocycles. The van der Waals surface area contributed by atoms with Gasteiger partial charge in [0.05, 0.1) is 0 Å². The molecule has 2 aromatic heterocycles. The molecule has 0 amide bonds. The molecule has 6 aromatic rings. The second-order valence-corrected chi connectivity index (χ2v) is 10.9. The molecular weight excluding hydrogens is 506 g/mol. The zero-order chi connectivity index (χ0) is 24.2. The van der Waals surface area contributed by atoms with Gasteiger partial charge in [0.2, 0.25) is 0 Å². The Balaban J connectivity index is 1.33. The van der Waals surface area contributed by atoms with Crippen LogP contribution >= 0.6 is 0 Å². The van der Waals surface area contributed by atoms with Crippen LogP contribution < -0.4 is 10.6 Å². The Labute approximate surface area is 215 Å². The summed E-state index contributed by atoms with van der Waals surface area (Å²) in [5.74, 6) is 1.99. The molecule has 172 valence electrons. The van der Waals surface area contributed by atoms with Crippen molar-refractivity contribution in [3.05, 3.63) is 128 Å². The Morgan fingerprint density at radius 2 is 0.972 bits per heavy atom. The number of rotatable bonds is 7. The monoisotopic (exact) mass is 526 g/mol. The molecule has 0 aliphatic carbocycles. The number of hydrogen-bond donors (Lipinski definition) is 0. The van der Waals surface area contributed by atoms with Gasteiger partial charge in [0.25, 0.3) is 0 Å². The average molecular weight is 527 g/mol. The molecule has 0 spiro atoms. The van der Waals surface area contributed by atoms with Crippen molar-refractivity contribution < 1.29 is 10.6 Å². The van der Waals surface area contributed by atoms with Crippen LogP contribution in [0.15, 0.2) is 128 Å². The van der Waals surface area contributed by atoms with E-state index in [1.54, 1.807) is 12.4 Å². The van der Waals surface area contributed by atoms with Crippen LogP contribution in [0.25, 0.3) is 32.9 Å². The van der Waals surface area contributed by atoms with E-state index < -0.39 is 17.3 Å². The Morgan fingerprint density at radius 3 is 1.56 bits per heavy atom. The fourth-order valence-electron chi connectivity index (χ4n) is 4.09. The molecule has 5 nitrogen and oxygen atoms in total. The molecule has 0 saturated heterocycles. The van der Waals surface area contributed by atoms with Crippen molar-refractivity contribution in [1.82, 2.24) is 9.97 Å². The third-order valence-corrected chi connectivity index (χ3v) is 8.68. The number of nitrogens with zero attached hydrogens (tertiary/aromatic N) is 2. The molecule has 4 aromatic carbocycles. The van der Waals surface area contributed by atoms with E-state index in [0.717, 1.165) is 32.9 Å². The molecule has 0 atom stereocenters. The van der Waals surface area contributed by atoms with E-state index in [4.69, 9.17) is 10.6 Å². The van der Waals surface area contributed by atoms with Crippen molar-refractivity contribution in [1.29, 1.82) is 0 Å². The quantitative estimate of drug-likeness (QED) is 0.210. The number of aromatic nitrogens is 2. The van der Waals surface area contributed by atoms with E-state index in [1.807, 2.05) is 103 Å². The molecule has 0 fully saturated rings. The standard InChI is InChI=1S/C12H10O.2C9H7NO.Ga/c13-12-8-6-11(7-9-12)10-4-2-1-3-5-10;2*11-8-5-1-3-7-4-2-6-10-9(7)8;/h1-9,13H;2*1-6,11H;/q;;;+3/p-3. The van der Waals surface area contributed by atoms with E-state index >= 15 is 0 Å². The van der Waals surface area contributed by atoms with Crippen molar-refractivity contribution in [2.45, 2.75) is 0 Å². The van der Waals surface area contributed by atoms with Gasteiger partial charge in [0.1, 0.15) is 0 Å². The molecule has 0 radical (unpaired) electrons. The first kappa shape index (κ1) is 22.2. The fraction of sp³-hybridized carbons (Fsp3) is 0. The maximum absolute atomic E-state index is 6.45. The van der Waals surface area contributed by atoms with E-state index in [1.165, 1.54) is 0 Å². The Kier molecular flexibility index (Phi) is 6.27. The van der Waals surface area contributed by atoms with Crippen LogP contribution in [-0.4, -0.2) is 27.3 Å². The predicted molar refractivity (Wildman–Crippen MR) is 143 cm³/mol. The van der Waals surface area contributed by atoms with Crippen LogP contribution in [0.5, 0.6) is 17.2 Å². The number of fused-ring (bicyclic) bond motifs is 2. The van der Waals surface area contributed by atoms with E-state index in [9.17, 15) is 0 Å². The van der Waals surface area contributed by atoms with Gasteiger partial charge >= 0.3 is 216 Å². The van der Waals surface area contributed by atoms with E-state index in [0.29, 0.717) is 17.2 Å². The van der Waals surface area contributed by atoms with E-state index in [-0.39, 0.29) is 0 Å². The fourth-order valence-corrected chi connectivity index (χ4v) is 6.86. The summed E-state index contributed by atoms with van der Waals surface area (Å²) in [7, 11) is 0. The second kappa shape index (κ2) is 10.2. The molecule has 0 aliphatic rings. The SMILES string of the molecule is c1ccc(-c2ccc([O][Ga]([O]c3cccc4cccnc34)[O]c3cccc4cccnc34)cc2)cc1. The van der Waals surface area contributed by atoms with Crippen molar-refractivity contribution in [2.75, 3.05) is 0 Å². The van der Waals surface area contributed by atoms with Gasteiger partial charge in [-0.05, 0) is 0 Å². The first-order valence-electron chi connectivity index (χ1n) is 11.7. The van der Waals surface area contributed by atoms with Gasteiger partial charge in [-0.1, -0.05) is 0 Å². The van der Waals surface area contributed by atoms with Gasteiger partial charge < -0.3 is 0 Å². The van der Waals surface area contributed by atoms with Gasteiger partial charge in [0.15, 0.2) is 0 Å². The van der Waals surface area contributed by atoms with Gasteiger partial charge in [-0.2, -0.15) is 0 Å². The Morgan fingerprint density at radius 1 is 0.444 bits per heavy atom. The van der Waals surface area contributed by atoms with Crippen LogP contribution in [0.3, 0.4) is 0 Å². The number of pyridine rings is 2. The summed E-state index contributed by atoms with van der Waals surface area (Å²) < 4.78 is 19.3. The normalized spacial score (nSPS) is 10.8. The molecule has 0 saturated carbocycles. The summed E-state index contributed by atoms with van der Waals surface area (Å²) in [5.41, 5.74) is 3.82. The van der Waals surface area contributed by atoms with Crippen LogP contribution in [0.2, 0.25) is 0 Å². The molecule has 0 bridgehead atoms. The predicted octanol–water partition coefficient (Wildman–Crippen LogP) is 6.97. The molecule has 6 heteroatoms. The molecule has 0 unspecified atom stereocenters.